The summed E-state index contributed by atoms with van der Waals surface area (Å²) in [5.74, 6) is -1.70. The number of aromatic nitrogens is 2. The maximum absolute atomic E-state index is 10.6. The summed E-state index contributed by atoms with van der Waals surface area (Å²) in [7, 11) is 0. The maximum atomic E-state index is 10.6. The van der Waals surface area contributed by atoms with Gasteiger partial charge in [0, 0.05) is 13.1 Å². The van der Waals surface area contributed by atoms with E-state index in [-0.39, 0.29) is 0 Å². The number of aliphatic carboxylic acids is 1. The highest BCUT2D eigenvalue weighted by atomic mass is 19.4. The Morgan fingerprint density at radius 2 is 1.71 bits per heavy atom. The molecule has 31 heavy (non-hydrogen) atoms. The topological polar surface area (TPSA) is 78.5 Å². The summed E-state index contributed by atoms with van der Waals surface area (Å²) < 4.78 is 37.8. The summed E-state index contributed by atoms with van der Waals surface area (Å²) >= 11 is 0. The number of imidazole rings is 1. The minimum atomic E-state index is -5.08. The zero-order valence-corrected chi connectivity index (χ0v) is 16.8. The highest BCUT2D eigenvalue weighted by Crippen LogP contribution is 2.18. The van der Waals surface area contributed by atoms with E-state index in [1.54, 1.807) is 0 Å². The van der Waals surface area contributed by atoms with Gasteiger partial charge in [0.2, 0.25) is 0 Å². The molecule has 0 saturated carbocycles. The molecule has 1 aliphatic rings. The maximum Gasteiger partial charge on any atom is 0.490 e. The van der Waals surface area contributed by atoms with Gasteiger partial charge >= 0.3 is 12.1 Å². The molecule has 9 heteroatoms. The second-order valence-corrected chi connectivity index (χ2v) is 7.28. The number of alkyl halides is 3. The molecular weight excluding hydrogens is 411 g/mol. The third-order valence-electron chi connectivity index (χ3n) is 4.92. The number of halogens is 3. The first-order valence-corrected chi connectivity index (χ1v) is 9.93. The molecule has 0 radical (unpaired) electrons. The van der Waals surface area contributed by atoms with Crippen molar-refractivity contribution >= 4 is 17.0 Å². The largest absolute Gasteiger partial charge is 0.490 e. The van der Waals surface area contributed by atoms with Gasteiger partial charge in [0.05, 0.1) is 30.3 Å². The smallest absolute Gasteiger partial charge is 0.475 e. The Balaban J connectivity index is 0.000000339. The van der Waals surface area contributed by atoms with Crippen molar-refractivity contribution in [2.75, 3.05) is 13.1 Å². The number of H-pyrrole nitrogens is 1. The molecule has 2 heterocycles. The molecular formula is C22H24F3N3O3. The number of nitrogens with one attached hydrogen (secondary N) is 1. The molecule has 3 aromatic rings. The first-order valence-electron chi connectivity index (χ1n) is 9.93. The fraction of sp³-hybridized carbons (Fsp3) is 0.364. The average molecular weight is 435 g/mol. The second-order valence-electron chi connectivity index (χ2n) is 7.28. The Labute approximate surface area is 177 Å². The molecule has 0 atom stereocenters. The standard InChI is InChI=1S/C20H23N3O.C2HF3O2/c1-2-6-16(7-3-1)15-24-17-10-12-23(13-11-17)14-20-21-18-8-4-5-9-19(18)22-20;3-2(4,5)1(6)7/h1-9,17H,10-15H2,(H,21,22);(H,6,7). The number of rotatable bonds is 5. The van der Waals surface area contributed by atoms with E-state index in [9.17, 15) is 13.2 Å². The van der Waals surface area contributed by atoms with Crippen molar-refractivity contribution < 1.29 is 27.8 Å². The normalized spacial score (nSPS) is 15.5. The van der Waals surface area contributed by atoms with Crippen molar-refractivity contribution in [3.63, 3.8) is 0 Å². The minimum absolute atomic E-state index is 0.372. The lowest BCUT2D eigenvalue weighted by atomic mass is 10.1. The Bertz CT molecular complexity index is 935. The number of carboxylic acids is 1. The number of benzene rings is 2. The molecule has 1 aliphatic heterocycles. The predicted molar refractivity (Wildman–Crippen MR) is 109 cm³/mol. The summed E-state index contributed by atoms with van der Waals surface area (Å²) in [5, 5.41) is 7.12. The van der Waals surface area contributed by atoms with E-state index in [0.717, 1.165) is 55.9 Å². The van der Waals surface area contributed by atoms with Crippen LogP contribution in [0.25, 0.3) is 11.0 Å². The van der Waals surface area contributed by atoms with Crippen molar-refractivity contribution in [1.29, 1.82) is 0 Å². The molecule has 0 aliphatic carbocycles. The van der Waals surface area contributed by atoms with Gasteiger partial charge in [-0.15, -0.1) is 0 Å². The van der Waals surface area contributed by atoms with Crippen LogP contribution in [-0.4, -0.2) is 51.3 Å². The molecule has 1 saturated heterocycles. The van der Waals surface area contributed by atoms with Gasteiger partial charge in [-0.1, -0.05) is 42.5 Å². The number of para-hydroxylation sites is 2. The molecule has 1 aromatic heterocycles. The van der Waals surface area contributed by atoms with Gasteiger partial charge in [-0.05, 0) is 30.5 Å². The SMILES string of the molecule is O=C(O)C(F)(F)F.c1ccc(COC2CCN(Cc3nc4ccccc4[nH]3)CC2)cc1. The van der Waals surface area contributed by atoms with Gasteiger partial charge < -0.3 is 14.8 Å². The van der Waals surface area contributed by atoms with Crippen molar-refractivity contribution in [3.05, 3.63) is 66.0 Å². The number of hydrogen-bond acceptors (Lipinski definition) is 4. The van der Waals surface area contributed by atoms with E-state index in [0.29, 0.717) is 6.10 Å². The Hall–Kier alpha value is -2.91. The van der Waals surface area contributed by atoms with Crippen LogP contribution in [-0.2, 0) is 22.7 Å². The first kappa shape index (κ1) is 22.8. The van der Waals surface area contributed by atoms with Crippen LogP contribution in [0.3, 0.4) is 0 Å². The molecule has 4 rings (SSSR count). The third kappa shape index (κ3) is 7.08. The van der Waals surface area contributed by atoms with Crippen LogP contribution in [0.15, 0.2) is 54.6 Å². The van der Waals surface area contributed by atoms with Crippen LogP contribution in [0.4, 0.5) is 13.2 Å². The number of likely N-dealkylation sites (tertiary alicyclic amines) is 1. The fourth-order valence-corrected chi connectivity index (χ4v) is 3.31. The number of piperidine rings is 1. The van der Waals surface area contributed by atoms with Gasteiger partial charge in [0.1, 0.15) is 5.82 Å². The summed E-state index contributed by atoms with van der Waals surface area (Å²) in [6.45, 7) is 3.74. The molecule has 0 unspecified atom stereocenters. The summed E-state index contributed by atoms with van der Waals surface area (Å²) in [6, 6.07) is 18.6. The fourth-order valence-electron chi connectivity index (χ4n) is 3.31. The van der Waals surface area contributed by atoms with E-state index in [2.05, 4.69) is 51.3 Å². The van der Waals surface area contributed by atoms with Crippen LogP contribution in [0.1, 0.15) is 24.2 Å². The number of hydrogen-bond donors (Lipinski definition) is 2. The Kier molecular flexibility index (Phi) is 7.64. The van der Waals surface area contributed by atoms with Crippen LogP contribution in [0.2, 0.25) is 0 Å². The van der Waals surface area contributed by atoms with Crippen LogP contribution in [0.5, 0.6) is 0 Å². The van der Waals surface area contributed by atoms with E-state index in [1.807, 2.05) is 18.2 Å². The van der Waals surface area contributed by atoms with Gasteiger partial charge in [-0.3, -0.25) is 4.90 Å². The monoisotopic (exact) mass is 435 g/mol. The van der Waals surface area contributed by atoms with Gasteiger partial charge in [0.25, 0.3) is 0 Å². The van der Waals surface area contributed by atoms with Gasteiger partial charge in [0.15, 0.2) is 0 Å². The van der Waals surface area contributed by atoms with Crippen molar-refractivity contribution in [2.45, 2.75) is 38.3 Å². The van der Waals surface area contributed by atoms with Crippen LogP contribution in [0, 0.1) is 0 Å². The van der Waals surface area contributed by atoms with Crippen LogP contribution < -0.4 is 0 Å². The Morgan fingerprint density at radius 3 is 2.32 bits per heavy atom. The van der Waals surface area contributed by atoms with Crippen LogP contribution >= 0.6 is 0 Å². The zero-order chi connectivity index (χ0) is 22.3. The Morgan fingerprint density at radius 1 is 1.10 bits per heavy atom. The summed E-state index contributed by atoms with van der Waals surface area (Å²) in [5.41, 5.74) is 3.42. The summed E-state index contributed by atoms with van der Waals surface area (Å²) in [4.78, 5) is 19.4. The lowest BCUT2D eigenvalue weighted by Crippen LogP contribution is -2.36. The minimum Gasteiger partial charge on any atom is -0.475 e. The molecule has 2 aromatic carbocycles. The quantitative estimate of drug-likeness (QED) is 0.622. The lowest BCUT2D eigenvalue weighted by molar-refractivity contribution is -0.192. The molecule has 0 spiro atoms. The number of fused-ring (bicyclic) bond motifs is 1. The molecule has 2 N–H and O–H groups in total. The highest BCUT2D eigenvalue weighted by molar-refractivity contribution is 5.74. The number of nitrogens with zero attached hydrogens (tertiary/aromatic N) is 2. The highest BCUT2D eigenvalue weighted by Gasteiger charge is 2.38. The van der Waals surface area contributed by atoms with Gasteiger partial charge in [-0.25, -0.2) is 9.78 Å². The van der Waals surface area contributed by atoms with Gasteiger partial charge in [-0.2, -0.15) is 13.2 Å². The molecule has 0 bridgehead atoms. The average Bonchev–Trinajstić information content (AvgIpc) is 3.16. The lowest BCUT2D eigenvalue weighted by Gasteiger charge is -2.31. The van der Waals surface area contributed by atoms with E-state index >= 15 is 0 Å². The third-order valence-corrected chi connectivity index (χ3v) is 4.92. The first-order chi connectivity index (χ1) is 14.8. The van der Waals surface area contributed by atoms with Crippen molar-refractivity contribution in [1.82, 2.24) is 14.9 Å². The zero-order valence-electron chi connectivity index (χ0n) is 16.8. The number of aromatic amines is 1. The van der Waals surface area contributed by atoms with Crippen molar-refractivity contribution in [2.24, 2.45) is 0 Å². The summed E-state index contributed by atoms with van der Waals surface area (Å²) in [6.07, 6.45) is -2.53. The van der Waals surface area contributed by atoms with E-state index in [1.165, 1.54) is 5.56 Å². The number of ether oxygens (including phenoxy) is 1. The van der Waals surface area contributed by atoms with Crippen molar-refractivity contribution in [3.8, 4) is 0 Å². The molecule has 166 valence electrons. The molecule has 1 fully saturated rings. The number of carbonyl (C=O) groups is 1. The predicted octanol–water partition coefficient (Wildman–Crippen LogP) is 4.38. The van der Waals surface area contributed by atoms with E-state index < -0.39 is 12.1 Å². The molecule has 0 amide bonds. The van der Waals surface area contributed by atoms with E-state index in [4.69, 9.17) is 14.6 Å². The number of carboxylic acid groups (broad SMARTS) is 1. The molecule has 6 nitrogen and oxygen atoms in total. The second kappa shape index (κ2) is 10.4.